The van der Waals surface area contributed by atoms with Crippen molar-refractivity contribution < 1.29 is 9.53 Å². The number of nitrogens with zero attached hydrogens (tertiary/aromatic N) is 2. The van der Waals surface area contributed by atoms with Gasteiger partial charge in [-0.3, -0.25) is 10.1 Å². The molecule has 0 bridgehead atoms. The summed E-state index contributed by atoms with van der Waals surface area (Å²) in [6.45, 7) is 2.90. The molecule has 0 spiro atoms. The summed E-state index contributed by atoms with van der Waals surface area (Å²) in [6.07, 6.45) is 1.80. The van der Waals surface area contributed by atoms with Crippen LogP contribution in [0.3, 0.4) is 0 Å². The third-order valence-corrected chi connectivity index (χ3v) is 4.27. The van der Waals surface area contributed by atoms with Crippen molar-refractivity contribution in [1.82, 2.24) is 15.6 Å². The molecular weight excluding hydrogens is 324 g/mol. The monoisotopic (exact) mass is 340 g/mol. The summed E-state index contributed by atoms with van der Waals surface area (Å²) in [7, 11) is 0. The van der Waals surface area contributed by atoms with Gasteiger partial charge in [-0.25, -0.2) is 4.98 Å². The zero-order chi connectivity index (χ0) is 16.5. The molecular formula is C17H16N4O2S. The van der Waals surface area contributed by atoms with Crippen molar-refractivity contribution in [2.45, 2.75) is 0 Å². The number of nitrogens with one attached hydrogen (secondary N) is 2. The number of fused-ring (bicyclic) bond motifs is 1. The molecule has 2 aliphatic heterocycles. The summed E-state index contributed by atoms with van der Waals surface area (Å²) in [5, 5.41) is 6.83. The largest absolute Gasteiger partial charge is 0.378 e. The van der Waals surface area contributed by atoms with E-state index in [1.54, 1.807) is 6.08 Å². The van der Waals surface area contributed by atoms with Crippen LogP contribution in [-0.4, -0.2) is 42.3 Å². The van der Waals surface area contributed by atoms with E-state index >= 15 is 0 Å². The van der Waals surface area contributed by atoms with Gasteiger partial charge >= 0.3 is 0 Å². The molecule has 122 valence electrons. The van der Waals surface area contributed by atoms with Crippen LogP contribution >= 0.6 is 12.2 Å². The molecule has 6 nitrogen and oxygen atoms in total. The molecule has 1 aromatic heterocycles. The van der Waals surface area contributed by atoms with Gasteiger partial charge in [0.1, 0.15) is 11.5 Å². The SMILES string of the molecule is O=C1NC(=S)N/C1=C\c1cc2ccccc2nc1N1CCOCC1. The highest BCUT2D eigenvalue weighted by molar-refractivity contribution is 7.80. The Morgan fingerprint density at radius 1 is 1.21 bits per heavy atom. The van der Waals surface area contributed by atoms with Crippen molar-refractivity contribution in [2.24, 2.45) is 0 Å². The molecule has 24 heavy (non-hydrogen) atoms. The van der Waals surface area contributed by atoms with Crippen molar-refractivity contribution in [2.75, 3.05) is 31.2 Å². The second-order valence-electron chi connectivity index (χ2n) is 5.66. The zero-order valence-corrected chi connectivity index (χ0v) is 13.7. The zero-order valence-electron chi connectivity index (χ0n) is 12.9. The minimum absolute atomic E-state index is 0.221. The number of rotatable bonds is 2. The second-order valence-corrected chi connectivity index (χ2v) is 6.07. The Labute approximate surface area is 144 Å². The fourth-order valence-electron chi connectivity index (χ4n) is 2.89. The lowest BCUT2D eigenvalue weighted by Gasteiger charge is -2.29. The van der Waals surface area contributed by atoms with Gasteiger partial charge in [-0.05, 0) is 30.4 Å². The smallest absolute Gasteiger partial charge is 0.273 e. The molecule has 0 saturated carbocycles. The Bertz CT molecular complexity index is 859. The number of pyridine rings is 1. The Kier molecular flexibility index (Phi) is 3.87. The van der Waals surface area contributed by atoms with E-state index in [0.717, 1.165) is 35.4 Å². The number of hydrogen-bond acceptors (Lipinski definition) is 5. The standard InChI is InChI=1S/C17H16N4O2S/c22-16-14(19-17(24)20-16)10-12-9-11-3-1-2-4-13(11)18-15(12)21-5-7-23-8-6-21/h1-4,9-10H,5-8H2,(H2,19,20,22,24)/b14-10-. The lowest BCUT2D eigenvalue weighted by molar-refractivity contribution is -0.115. The van der Waals surface area contributed by atoms with Gasteiger partial charge in [-0.1, -0.05) is 18.2 Å². The Balaban J connectivity index is 1.83. The number of carbonyl (C=O) groups excluding carboxylic acids is 1. The number of carbonyl (C=O) groups is 1. The number of morpholine rings is 1. The molecule has 2 N–H and O–H groups in total. The van der Waals surface area contributed by atoms with Crippen LogP contribution in [0.5, 0.6) is 0 Å². The molecule has 7 heteroatoms. The van der Waals surface area contributed by atoms with Gasteiger partial charge in [-0.2, -0.15) is 0 Å². The fraction of sp³-hybridized carbons (Fsp3) is 0.235. The molecule has 0 atom stereocenters. The molecule has 0 aliphatic carbocycles. The molecule has 2 fully saturated rings. The topological polar surface area (TPSA) is 66.5 Å². The molecule has 2 aliphatic rings. The number of aromatic nitrogens is 1. The maximum Gasteiger partial charge on any atom is 0.273 e. The van der Waals surface area contributed by atoms with E-state index in [2.05, 4.69) is 21.6 Å². The third-order valence-electron chi connectivity index (χ3n) is 4.06. The Morgan fingerprint density at radius 3 is 2.75 bits per heavy atom. The summed E-state index contributed by atoms with van der Waals surface area (Å²) in [5.41, 5.74) is 2.25. The quantitative estimate of drug-likeness (QED) is 0.637. The molecule has 2 saturated heterocycles. The first kappa shape index (κ1) is 15.0. The number of amides is 1. The van der Waals surface area contributed by atoms with Crippen molar-refractivity contribution in [1.29, 1.82) is 0 Å². The van der Waals surface area contributed by atoms with E-state index in [9.17, 15) is 4.79 Å². The number of thiocarbonyl (C=S) groups is 1. The first-order chi connectivity index (χ1) is 11.7. The van der Waals surface area contributed by atoms with Crippen LogP contribution < -0.4 is 15.5 Å². The second kappa shape index (κ2) is 6.18. The van der Waals surface area contributed by atoms with E-state index in [0.29, 0.717) is 24.0 Å². The summed E-state index contributed by atoms with van der Waals surface area (Å²) >= 11 is 5.00. The predicted octanol–water partition coefficient (Wildman–Crippen LogP) is 1.42. The van der Waals surface area contributed by atoms with E-state index in [4.69, 9.17) is 21.9 Å². The molecule has 4 rings (SSSR count). The van der Waals surface area contributed by atoms with Gasteiger partial charge in [0.2, 0.25) is 0 Å². The third kappa shape index (κ3) is 2.83. The van der Waals surface area contributed by atoms with Crippen molar-refractivity contribution in [3.8, 4) is 0 Å². The molecule has 3 heterocycles. The number of para-hydroxylation sites is 1. The minimum atomic E-state index is -0.221. The fourth-order valence-corrected chi connectivity index (χ4v) is 3.10. The average molecular weight is 340 g/mol. The highest BCUT2D eigenvalue weighted by Crippen LogP contribution is 2.26. The van der Waals surface area contributed by atoms with Gasteiger partial charge in [-0.15, -0.1) is 0 Å². The maximum atomic E-state index is 12.0. The van der Waals surface area contributed by atoms with Crippen LogP contribution in [0.4, 0.5) is 5.82 Å². The van der Waals surface area contributed by atoms with E-state index in [1.165, 1.54) is 0 Å². The molecule has 1 aromatic carbocycles. The van der Waals surface area contributed by atoms with Crippen molar-refractivity contribution in [3.05, 3.63) is 41.6 Å². The summed E-state index contributed by atoms with van der Waals surface area (Å²) in [6, 6.07) is 10.0. The molecule has 0 unspecified atom stereocenters. The number of anilines is 1. The molecule has 1 amide bonds. The van der Waals surface area contributed by atoms with Gasteiger partial charge in [0, 0.05) is 24.0 Å². The lowest BCUT2D eigenvalue weighted by atomic mass is 10.1. The van der Waals surface area contributed by atoms with Gasteiger partial charge < -0.3 is 15.0 Å². The van der Waals surface area contributed by atoms with E-state index < -0.39 is 0 Å². The van der Waals surface area contributed by atoms with Crippen LogP contribution in [0.2, 0.25) is 0 Å². The minimum Gasteiger partial charge on any atom is -0.378 e. The highest BCUT2D eigenvalue weighted by atomic mass is 32.1. The molecule has 0 radical (unpaired) electrons. The van der Waals surface area contributed by atoms with E-state index in [-0.39, 0.29) is 5.91 Å². The lowest BCUT2D eigenvalue weighted by Crippen LogP contribution is -2.37. The summed E-state index contributed by atoms with van der Waals surface area (Å²) in [4.78, 5) is 19.0. The van der Waals surface area contributed by atoms with E-state index in [1.807, 2.05) is 24.3 Å². The summed E-state index contributed by atoms with van der Waals surface area (Å²) < 4.78 is 5.43. The van der Waals surface area contributed by atoms with Crippen molar-refractivity contribution in [3.63, 3.8) is 0 Å². The van der Waals surface area contributed by atoms with Gasteiger partial charge in [0.05, 0.1) is 18.7 Å². The average Bonchev–Trinajstić information content (AvgIpc) is 2.92. The van der Waals surface area contributed by atoms with Gasteiger partial charge in [0.25, 0.3) is 5.91 Å². The normalized spacial score (nSPS) is 19.7. The first-order valence-corrected chi connectivity index (χ1v) is 8.18. The van der Waals surface area contributed by atoms with Crippen LogP contribution in [0.15, 0.2) is 36.0 Å². The van der Waals surface area contributed by atoms with Crippen LogP contribution in [0.25, 0.3) is 17.0 Å². The highest BCUT2D eigenvalue weighted by Gasteiger charge is 2.22. The Morgan fingerprint density at radius 2 is 2.00 bits per heavy atom. The van der Waals surface area contributed by atoms with Crippen molar-refractivity contribution >= 4 is 46.0 Å². The summed E-state index contributed by atoms with van der Waals surface area (Å²) in [5.74, 6) is 0.637. The number of ether oxygens (including phenoxy) is 1. The van der Waals surface area contributed by atoms with Crippen LogP contribution in [0, 0.1) is 0 Å². The number of hydrogen-bond donors (Lipinski definition) is 2. The predicted molar refractivity (Wildman–Crippen MR) is 96.6 cm³/mol. The molecule has 2 aromatic rings. The van der Waals surface area contributed by atoms with Gasteiger partial charge in [0.15, 0.2) is 5.11 Å². The Hall–Kier alpha value is -2.51. The first-order valence-electron chi connectivity index (χ1n) is 7.77. The van der Waals surface area contributed by atoms with Crippen LogP contribution in [-0.2, 0) is 9.53 Å². The van der Waals surface area contributed by atoms with Crippen LogP contribution in [0.1, 0.15) is 5.56 Å². The maximum absolute atomic E-state index is 12.0. The number of benzene rings is 1.